The van der Waals surface area contributed by atoms with Gasteiger partial charge in [0.15, 0.2) is 11.5 Å². The maximum atomic E-state index is 6.22. The fourth-order valence-electron chi connectivity index (χ4n) is 2.19. The number of ether oxygens (including phenoxy) is 2. The van der Waals surface area contributed by atoms with Gasteiger partial charge in [0.05, 0.1) is 14.2 Å². The summed E-state index contributed by atoms with van der Waals surface area (Å²) in [6, 6.07) is 10.4. The van der Waals surface area contributed by atoms with Gasteiger partial charge in [-0.05, 0) is 48.4 Å². The van der Waals surface area contributed by atoms with Crippen molar-refractivity contribution in [3.8, 4) is 11.5 Å². The van der Waals surface area contributed by atoms with E-state index in [9.17, 15) is 0 Å². The smallest absolute Gasteiger partial charge is 0.160 e. The average molecular weight is 291 g/mol. The predicted octanol–water partition coefficient (Wildman–Crippen LogP) is 3.27. The van der Waals surface area contributed by atoms with Crippen LogP contribution in [-0.4, -0.2) is 20.3 Å². The van der Waals surface area contributed by atoms with Crippen LogP contribution in [0.3, 0.4) is 0 Å². The molecule has 0 amide bonds. The summed E-state index contributed by atoms with van der Waals surface area (Å²) in [5, 5.41) is 2.11. The molecule has 2 aromatic rings. The Morgan fingerprint density at radius 3 is 2.60 bits per heavy atom. The molecule has 20 heavy (non-hydrogen) atoms. The van der Waals surface area contributed by atoms with Gasteiger partial charge < -0.3 is 15.2 Å². The Morgan fingerprint density at radius 2 is 1.95 bits per heavy atom. The predicted molar refractivity (Wildman–Crippen MR) is 83.9 cm³/mol. The molecule has 1 unspecified atom stereocenters. The molecule has 0 spiro atoms. The second-order valence-corrected chi connectivity index (χ2v) is 5.80. The Labute approximate surface area is 124 Å². The van der Waals surface area contributed by atoms with Gasteiger partial charge in [0.2, 0.25) is 0 Å². The van der Waals surface area contributed by atoms with E-state index in [1.807, 2.05) is 18.2 Å². The molecule has 2 rings (SSSR count). The number of rotatable bonds is 7. The minimum atomic E-state index is 0.162. The van der Waals surface area contributed by atoms with Crippen LogP contribution >= 0.6 is 11.3 Å². The second-order valence-electron chi connectivity index (χ2n) is 4.77. The Hall–Kier alpha value is -1.52. The quantitative estimate of drug-likeness (QED) is 0.851. The van der Waals surface area contributed by atoms with E-state index in [1.54, 1.807) is 25.6 Å². The van der Waals surface area contributed by atoms with Gasteiger partial charge in [0, 0.05) is 10.9 Å². The van der Waals surface area contributed by atoms with Gasteiger partial charge in [-0.1, -0.05) is 12.1 Å². The lowest BCUT2D eigenvalue weighted by Gasteiger charge is -2.13. The molecule has 2 N–H and O–H groups in total. The third-order valence-electron chi connectivity index (χ3n) is 3.29. The summed E-state index contributed by atoms with van der Waals surface area (Å²) in [4.78, 5) is 1.40. The van der Waals surface area contributed by atoms with Crippen LogP contribution < -0.4 is 15.2 Å². The van der Waals surface area contributed by atoms with Crippen molar-refractivity contribution >= 4 is 11.3 Å². The van der Waals surface area contributed by atoms with Crippen molar-refractivity contribution in [2.24, 2.45) is 5.73 Å². The fraction of sp³-hybridized carbons (Fsp3) is 0.375. The standard InChI is InChI=1S/C16H21NO2S/c1-18-15-8-5-12(11-16(15)19-2)10-13(17)6-7-14-4-3-9-20-14/h3-5,8-9,11,13H,6-7,10,17H2,1-2H3. The van der Waals surface area contributed by atoms with Crippen LogP contribution in [-0.2, 0) is 12.8 Å². The Balaban J connectivity index is 1.91. The first-order valence-corrected chi connectivity index (χ1v) is 7.59. The molecule has 108 valence electrons. The Morgan fingerprint density at radius 1 is 1.15 bits per heavy atom. The number of aryl methyl sites for hydroxylation is 1. The van der Waals surface area contributed by atoms with E-state index in [0.29, 0.717) is 0 Å². The molecule has 0 aliphatic carbocycles. The molecule has 0 radical (unpaired) electrons. The molecule has 0 fully saturated rings. The topological polar surface area (TPSA) is 44.5 Å². The van der Waals surface area contributed by atoms with Crippen molar-refractivity contribution in [1.82, 2.24) is 0 Å². The van der Waals surface area contributed by atoms with E-state index in [-0.39, 0.29) is 6.04 Å². The largest absolute Gasteiger partial charge is 0.493 e. The summed E-state index contributed by atoms with van der Waals surface area (Å²) in [6.45, 7) is 0. The van der Waals surface area contributed by atoms with E-state index in [0.717, 1.165) is 30.8 Å². The van der Waals surface area contributed by atoms with E-state index in [2.05, 4.69) is 17.5 Å². The number of methoxy groups -OCH3 is 2. The third kappa shape index (κ3) is 3.99. The van der Waals surface area contributed by atoms with Gasteiger partial charge in [-0.25, -0.2) is 0 Å². The SMILES string of the molecule is COc1ccc(CC(N)CCc2cccs2)cc1OC. The minimum Gasteiger partial charge on any atom is -0.493 e. The molecule has 0 saturated carbocycles. The van der Waals surface area contributed by atoms with E-state index in [1.165, 1.54) is 10.4 Å². The molecule has 0 aliphatic rings. The molecule has 0 bridgehead atoms. The van der Waals surface area contributed by atoms with Gasteiger partial charge in [-0.15, -0.1) is 11.3 Å². The van der Waals surface area contributed by atoms with Crippen molar-refractivity contribution in [3.63, 3.8) is 0 Å². The fourth-order valence-corrected chi connectivity index (χ4v) is 2.92. The average Bonchev–Trinajstić information content (AvgIpc) is 2.98. The van der Waals surface area contributed by atoms with Crippen LogP contribution in [0.4, 0.5) is 0 Å². The lowest BCUT2D eigenvalue weighted by molar-refractivity contribution is 0.354. The molecular formula is C16H21NO2S. The highest BCUT2D eigenvalue weighted by atomic mass is 32.1. The van der Waals surface area contributed by atoms with Crippen LogP contribution in [0, 0.1) is 0 Å². The first kappa shape index (κ1) is 14.9. The first-order valence-electron chi connectivity index (χ1n) is 6.71. The van der Waals surface area contributed by atoms with Crippen LogP contribution in [0.1, 0.15) is 16.9 Å². The summed E-state index contributed by atoms with van der Waals surface area (Å²) in [5.74, 6) is 1.51. The van der Waals surface area contributed by atoms with Crippen molar-refractivity contribution in [1.29, 1.82) is 0 Å². The normalized spacial score (nSPS) is 12.2. The summed E-state index contributed by atoms with van der Waals surface area (Å²) in [6.07, 6.45) is 2.90. The van der Waals surface area contributed by atoms with Crippen LogP contribution in [0.5, 0.6) is 11.5 Å². The lowest BCUT2D eigenvalue weighted by Crippen LogP contribution is -2.23. The summed E-state index contributed by atoms with van der Waals surface area (Å²) >= 11 is 1.79. The maximum Gasteiger partial charge on any atom is 0.160 e. The highest BCUT2D eigenvalue weighted by Gasteiger charge is 2.09. The number of nitrogens with two attached hydrogens (primary N) is 1. The highest BCUT2D eigenvalue weighted by Crippen LogP contribution is 2.28. The summed E-state index contributed by atoms with van der Waals surface area (Å²) in [5.41, 5.74) is 7.40. The maximum absolute atomic E-state index is 6.22. The summed E-state index contributed by atoms with van der Waals surface area (Å²) in [7, 11) is 3.29. The van der Waals surface area contributed by atoms with Gasteiger partial charge in [0.25, 0.3) is 0 Å². The van der Waals surface area contributed by atoms with E-state index < -0.39 is 0 Å². The molecule has 0 saturated heterocycles. The molecule has 1 heterocycles. The van der Waals surface area contributed by atoms with Gasteiger partial charge in [-0.3, -0.25) is 0 Å². The highest BCUT2D eigenvalue weighted by molar-refractivity contribution is 7.09. The molecule has 3 nitrogen and oxygen atoms in total. The zero-order valence-electron chi connectivity index (χ0n) is 12.0. The van der Waals surface area contributed by atoms with Crippen LogP contribution in [0.2, 0.25) is 0 Å². The number of hydrogen-bond acceptors (Lipinski definition) is 4. The molecule has 0 aliphatic heterocycles. The molecule has 1 aromatic heterocycles. The summed E-state index contributed by atoms with van der Waals surface area (Å²) < 4.78 is 10.6. The zero-order valence-corrected chi connectivity index (χ0v) is 12.8. The number of thiophene rings is 1. The van der Waals surface area contributed by atoms with Gasteiger partial charge in [-0.2, -0.15) is 0 Å². The van der Waals surface area contributed by atoms with E-state index in [4.69, 9.17) is 15.2 Å². The van der Waals surface area contributed by atoms with Gasteiger partial charge in [0.1, 0.15) is 0 Å². The molecular weight excluding hydrogens is 270 g/mol. The van der Waals surface area contributed by atoms with Crippen molar-refractivity contribution in [2.45, 2.75) is 25.3 Å². The monoisotopic (exact) mass is 291 g/mol. The second kappa shape index (κ2) is 7.31. The first-order chi connectivity index (χ1) is 9.72. The Kier molecular flexibility index (Phi) is 5.44. The van der Waals surface area contributed by atoms with E-state index >= 15 is 0 Å². The number of hydrogen-bond donors (Lipinski definition) is 1. The lowest BCUT2D eigenvalue weighted by atomic mass is 10.0. The van der Waals surface area contributed by atoms with Crippen molar-refractivity contribution < 1.29 is 9.47 Å². The minimum absolute atomic E-state index is 0.162. The number of benzene rings is 1. The van der Waals surface area contributed by atoms with Crippen LogP contribution in [0.25, 0.3) is 0 Å². The van der Waals surface area contributed by atoms with Crippen molar-refractivity contribution in [2.75, 3.05) is 14.2 Å². The van der Waals surface area contributed by atoms with Crippen LogP contribution in [0.15, 0.2) is 35.7 Å². The molecule has 1 aromatic carbocycles. The van der Waals surface area contributed by atoms with Crippen molar-refractivity contribution in [3.05, 3.63) is 46.2 Å². The Bertz CT molecular complexity index is 525. The molecule has 4 heteroatoms. The zero-order chi connectivity index (χ0) is 14.4. The third-order valence-corrected chi connectivity index (χ3v) is 4.22. The molecule has 1 atom stereocenters. The van der Waals surface area contributed by atoms with Gasteiger partial charge >= 0.3 is 0 Å².